The Morgan fingerprint density at radius 3 is 2.59 bits per heavy atom. The highest BCUT2D eigenvalue weighted by Gasteiger charge is 2.39. The van der Waals surface area contributed by atoms with Crippen molar-refractivity contribution in [1.29, 1.82) is 0 Å². The van der Waals surface area contributed by atoms with E-state index in [1.165, 1.54) is 0 Å². The molecule has 0 radical (unpaired) electrons. The van der Waals surface area contributed by atoms with Crippen LogP contribution in [0.3, 0.4) is 0 Å². The molecule has 3 rings (SSSR count). The molecule has 0 bridgehead atoms. The molecular formula is C16H27N3O3. The van der Waals surface area contributed by atoms with E-state index in [4.69, 9.17) is 4.74 Å². The number of rotatable bonds is 2. The van der Waals surface area contributed by atoms with E-state index in [0.717, 1.165) is 45.8 Å². The van der Waals surface area contributed by atoms with Crippen molar-refractivity contribution in [2.45, 2.75) is 25.8 Å². The minimum Gasteiger partial charge on any atom is -0.379 e. The van der Waals surface area contributed by atoms with Gasteiger partial charge in [-0.05, 0) is 12.3 Å². The molecule has 3 saturated heterocycles. The van der Waals surface area contributed by atoms with E-state index >= 15 is 0 Å². The fraction of sp³-hybridized carbons (Fsp3) is 0.875. The Bertz CT molecular complexity index is 436. The first-order valence-corrected chi connectivity index (χ1v) is 8.41. The Balaban J connectivity index is 1.59. The second kappa shape index (κ2) is 6.54. The summed E-state index contributed by atoms with van der Waals surface area (Å²) in [6.45, 7) is 8.06. The van der Waals surface area contributed by atoms with E-state index in [1.807, 2.05) is 11.9 Å². The van der Waals surface area contributed by atoms with E-state index < -0.39 is 0 Å². The number of likely N-dealkylation sites (tertiary alicyclic amines) is 2. The van der Waals surface area contributed by atoms with E-state index in [0.29, 0.717) is 24.9 Å². The van der Waals surface area contributed by atoms with Crippen molar-refractivity contribution >= 4 is 11.8 Å². The van der Waals surface area contributed by atoms with Crippen LogP contribution in [-0.2, 0) is 14.3 Å². The Morgan fingerprint density at radius 1 is 1.18 bits per heavy atom. The number of ether oxygens (including phenoxy) is 1. The van der Waals surface area contributed by atoms with Gasteiger partial charge in [0, 0.05) is 58.2 Å². The van der Waals surface area contributed by atoms with Gasteiger partial charge in [0.2, 0.25) is 11.8 Å². The number of hydrogen-bond acceptors (Lipinski definition) is 4. The van der Waals surface area contributed by atoms with Crippen LogP contribution >= 0.6 is 0 Å². The molecule has 3 fully saturated rings. The van der Waals surface area contributed by atoms with Crippen molar-refractivity contribution in [3.8, 4) is 0 Å². The molecule has 0 saturated carbocycles. The van der Waals surface area contributed by atoms with Crippen LogP contribution < -0.4 is 0 Å². The predicted octanol–water partition coefficient (Wildman–Crippen LogP) is 0.0339. The third-order valence-electron chi connectivity index (χ3n) is 5.41. The number of carbonyl (C=O) groups is 2. The molecule has 3 heterocycles. The Kier molecular flexibility index (Phi) is 4.68. The lowest BCUT2D eigenvalue weighted by molar-refractivity contribution is -0.143. The highest BCUT2D eigenvalue weighted by Crippen LogP contribution is 2.27. The molecule has 0 aromatic heterocycles. The van der Waals surface area contributed by atoms with Gasteiger partial charge in [-0.3, -0.25) is 14.5 Å². The van der Waals surface area contributed by atoms with Gasteiger partial charge in [0.05, 0.1) is 13.2 Å². The Labute approximate surface area is 132 Å². The predicted molar refractivity (Wildman–Crippen MR) is 82.3 cm³/mol. The van der Waals surface area contributed by atoms with E-state index in [-0.39, 0.29) is 17.7 Å². The van der Waals surface area contributed by atoms with Crippen molar-refractivity contribution in [3.05, 3.63) is 0 Å². The molecule has 0 aliphatic carbocycles. The summed E-state index contributed by atoms with van der Waals surface area (Å²) in [6.07, 6.45) is 1.18. The highest BCUT2D eigenvalue weighted by atomic mass is 16.5. The van der Waals surface area contributed by atoms with Crippen LogP contribution in [0.1, 0.15) is 19.8 Å². The van der Waals surface area contributed by atoms with Crippen molar-refractivity contribution in [2.24, 2.45) is 11.8 Å². The quantitative estimate of drug-likeness (QED) is 0.722. The maximum Gasteiger partial charge on any atom is 0.226 e. The van der Waals surface area contributed by atoms with Gasteiger partial charge in [-0.1, -0.05) is 6.92 Å². The van der Waals surface area contributed by atoms with Crippen molar-refractivity contribution < 1.29 is 14.3 Å². The summed E-state index contributed by atoms with van der Waals surface area (Å²) in [4.78, 5) is 30.8. The minimum atomic E-state index is -0.112. The van der Waals surface area contributed by atoms with Crippen molar-refractivity contribution in [2.75, 3.05) is 53.0 Å². The monoisotopic (exact) mass is 309 g/mol. The summed E-state index contributed by atoms with van der Waals surface area (Å²) in [7, 11) is 1.81. The van der Waals surface area contributed by atoms with Gasteiger partial charge in [0.15, 0.2) is 0 Å². The molecule has 3 aliphatic rings. The van der Waals surface area contributed by atoms with Crippen LogP contribution in [0.25, 0.3) is 0 Å². The number of hydrogen-bond donors (Lipinski definition) is 0. The van der Waals surface area contributed by atoms with Gasteiger partial charge in [-0.2, -0.15) is 0 Å². The third kappa shape index (κ3) is 3.13. The summed E-state index contributed by atoms with van der Waals surface area (Å²) < 4.78 is 5.42. The zero-order valence-electron chi connectivity index (χ0n) is 13.7. The van der Waals surface area contributed by atoms with Crippen LogP contribution in [0.4, 0.5) is 0 Å². The summed E-state index contributed by atoms with van der Waals surface area (Å²) in [5.74, 6) is 0.661. The molecule has 3 aliphatic heterocycles. The molecule has 0 aromatic rings. The molecular weight excluding hydrogens is 282 g/mol. The molecule has 22 heavy (non-hydrogen) atoms. The maximum atomic E-state index is 12.7. The van der Waals surface area contributed by atoms with E-state index in [1.54, 1.807) is 4.90 Å². The van der Waals surface area contributed by atoms with Gasteiger partial charge in [-0.25, -0.2) is 0 Å². The van der Waals surface area contributed by atoms with Gasteiger partial charge in [0.1, 0.15) is 0 Å². The lowest BCUT2D eigenvalue weighted by Gasteiger charge is -2.34. The standard InChI is InChI=1S/C16H27N3O3/c1-12-10-19(11-14(12)18-5-7-22-8-6-18)16(21)13-3-4-17(2)15(20)9-13/h12-14H,3-11H2,1-2H3/t12-,13+,14-/m1/s1. The zero-order chi connectivity index (χ0) is 15.7. The summed E-state index contributed by atoms with van der Waals surface area (Å²) in [5.41, 5.74) is 0. The van der Waals surface area contributed by atoms with Gasteiger partial charge >= 0.3 is 0 Å². The van der Waals surface area contributed by atoms with Crippen LogP contribution in [0.2, 0.25) is 0 Å². The summed E-state index contributed by atoms with van der Waals surface area (Å²) >= 11 is 0. The smallest absolute Gasteiger partial charge is 0.226 e. The number of morpholine rings is 1. The zero-order valence-corrected chi connectivity index (χ0v) is 13.7. The second-order valence-electron chi connectivity index (χ2n) is 6.94. The molecule has 6 nitrogen and oxygen atoms in total. The lowest BCUT2D eigenvalue weighted by Crippen LogP contribution is -2.47. The number of piperidine rings is 1. The molecule has 0 N–H and O–H groups in total. The van der Waals surface area contributed by atoms with Gasteiger partial charge < -0.3 is 14.5 Å². The van der Waals surface area contributed by atoms with Crippen LogP contribution in [0, 0.1) is 11.8 Å². The van der Waals surface area contributed by atoms with Crippen LogP contribution in [0.15, 0.2) is 0 Å². The van der Waals surface area contributed by atoms with E-state index in [9.17, 15) is 9.59 Å². The lowest BCUT2D eigenvalue weighted by atomic mass is 9.95. The summed E-state index contributed by atoms with van der Waals surface area (Å²) in [5, 5.41) is 0. The van der Waals surface area contributed by atoms with Crippen LogP contribution in [-0.4, -0.2) is 85.5 Å². The SMILES string of the molecule is C[C@@H]1CN(C(=O)[C@H]2CCN(C)C(=O)C2)C[C@H]1N1CCOCC1. The van der Waals surface area contributed by atoms with Crippen molar-refractivity contribution in [1.82, 2.24) is 14.7 Å². The molecule has 2 amide bonds. The molecule has 0 aromatic carbocycles. The first-order valence-electron chi connectivity index (χ1n) is 8.41. The number of nitrogens with zero attached hydrogens (tertiary/aromatic N) is 3. The van der Waals surface area contributed by atoms with Gasteiger partial charge in [0.25, 0.3) is 0 Å². The first-order chi connectivity index (χ1) is 10.6. The molecule has 0 unspecified atom stereocenters. The van der Waals surface area contributed by atoms with E-state index in [2.05, 4.69) is 11.8 Å². The topological polar surface area (TPSA) is 53.1 Å². The fourth-order valence-electron chi connectivity index (χ4n) is 3.93. The number of amides is 2. The van der Waals surface area contributed by atoms with Crippen LogP contribution in [0.5, 0.6) is 0 Å². The Hall–Kier alpha value is -1.14. The van der Waals surface area contributed by atoms with Crippen molar-refractivity contribution in [3.63, 3.8) is 0 Å². The fourth-order valence-corrected chi connectivity index (χ4v) is 3.93. The second-order valence-corrected chi connectivity index (χ2v) is 6.94. The average molecular weight is 309 g/mol. The minimum absolute atomic E-state index is 0.0987. The molecule has 6 heteroatoms. The first kappa shape index (κ1) is 15.7. The average Bonchev–Trinajstić information content (AvgIpc) is 2.92. The molecule has 0 spiro atoms. The molecule has 124 valence electrons. The number of carbonyl (C=O) groups excluding carboxylic acids is 2. The van der Waals surface area contributed by atoms with Gasteiger partial charge in [-0.15, -0.1) is 0 Å². The molecule has 3 atom stereocenters. The summed E-state index contributed by atoms with van der Waals surface area (Å²) in [6, 6.07) is 0.440. The third-order valence-corrected chi connectivity index (χ3v) is 5.41. The normalized spacial score (nSPS) is 34.3. The Morgan fingerprint density at radius 2 is 1.91 bits per heavy atom. The largest absolute Gasteiger partial charge is 0.379 e. The maximum absolute atomic E-state index is 12.7. The highest BCUT2D eigenvalue weighted by molar-refractivity contribution is 5.87.